The van der Waals surface area contributed by atoms with E-state index in [0.717, 1.165) is 10.2 Å². The van der Waals surface area contributed by atoms with Crippen LogP contribution in [0.25, 0.3) is 10.2 Å². The lowest BCUT2D eigenvalue weighted by atomic mass is 10.3. The number of hydrogen-bond donors (Lipinski definition) is 2. The maximum absolute atomic E-state index is 11.5. The van der Waals surface area contributed by atoms with Gasteiger partial charge >= 0.3 is 11.8 Å². The Morgan fingerprint density at radius 3 is 2.62 bits per heavy atom. The van der Waals surface area contributed by atoms with Crippen molar-refractivity contribution >= 4 is 39.1 Å². The van der Waals surface area contributed by atoms with Crippen LogP contribution in [0.3, 0.4) is 0 Å². The van der Waals surface area contributed by atoms with E-state index in [2.05, 4.69) is 20.8 Å². The maximum atomic E-state index is 11.5. The summed E-state index contributed by atoms with van der Waals surface area (Å²) in [5.41, 5.74) is 3.68. The van der Waals surface area contributed by atoms with Gasteiger partial charge in [-0.15, -0.1) is 11.3 Å². The summed E-state index contributed by atoms with van der Waals surface area (Å²) in [6, 6.07) is 7.64. The Balaban J connectivity index is 2.07. The van der Waals surface area contributed by atoms with Gasteiger partial charge in [0, 0.05) is 6.04 Å². The van der Waals surface area contributed by atoms with Crippen molar-refractivity contribution in [3.05, 3.63) is 29.3 Å². The van der Waals surface area contributed by atoms with Crippen molar-refractivity contribution in [2.75, 3.05) is 0 Å². The van der Waals surface area contributed by atoms with Crippen LogP contribution in [-0.4, -0.2) is 28.6 Å². The fourth-order valence-electron chi connectivity index (χ4n) is 1.59. The van der Waals surface area contributed by atoms with E-state index < -0.39 is 11.8 Å². The molecule has 2 rings (SSSR count). The number of fused-ring (bicyclic) bond motifs is 1. The molecular formula is C14H16N4O2S. The molecule has 0 saturated carbocycles. The number of carbonyl (C=O) groups is 2. The Morgan fingerprint density at radius 2 is 1.95 bits per heavy atom. The third-order valence-corrected chi connectivity index (χ3v) is 3.70. The molecule has 6 nitrogen and oxygen atoms in total. The highest BCUT2D eigenvalue weighted by Crippen LogP contribution is 2.21. The molecule has 0 unspecified atom stereocenters. The number of hydrogen-bond acceptors (Lipinski definition) is 5. The number of para-hydroxylation sites is 1. The van der Waals surface area contributed by atoms with E-state index in [1.807, 2.05) is 24.3 Å². The van der Waals surface area contributed by atoms with Crippen molar-refractivity contribution in [2.24, 2.45) is 5.10 Å². The Kier molecular flexibility index (Phi) is 4.64. The van der Waals surface area contributed by atoms with Crippen LogP contribution in [0.5, 0.6) is 0 Å². The topological polar surface area (TPSA) is 83.5 Å². The average Bonchev–Trinajstić information content (AvgIpc) is 2.87. The van der Waals surface area contributed by atoms with Crippen LogP contribution in [-0.2, 0) is 9.59 Å². The van der Waals surface area contributed by atoms with E-state index in [1.54, 1.807) is 20.8 Å². The number of nitrogens with one attached hydrogen (secondary N) is 2. The molecule has 0 aliphatic carbocycles. The molecule has 0 bridgehead atoms. The van der Waals surface area contributed by atoms with Gasteiger partial charge in [0.1, 0.15) is 5.01 Å². The molecule has 21 heavy (non-hydrogen) atoms. The molecule has 2 amide bonds. The highest BCUT2D eigenvalue weighted by Gasteiger charge is 2.14. The van der Waals surface area contributed by atoms with Gasteiger partial charge < -0.3 is 5.32 Å². The highest BCUT2D eigenvalue weighted by molar-refractivity contribution is 7.20. The Labute approximate surface area is 126 Å². The first-order valence-electron chi connectivity index (χ1n) is 6.48. The molecule has 1 heterocycles. The smallest absolute Gasteiger partial charge is 0.329 e. The summed E-state index contributed by atoms with van der Waals surface area (Å²) in [5.74, 6) is -1.49. The van der Waals surface area contributed by atoms with Gasteiger partial charge in [-0.1, -0.05) is 12.1 Å². The lowest BCUT2D eigenvalue weighted by Crippen LogP contribution is -2.41. The summed E-state index contributed by atoms with van der Waals surface area (Å²) >= 11 is 1.48. The van der Waals surface area contributed by atoms with Crippen LogP contribution in [0.1, 0.15) is 25.8 Å². The summed E-state index contributed by atoms with van der Waals surface area (Å²) in [4.78, 5) is 27.4. The Bertz CT molecular complexity index is 673. The summed E-state index contributed by atoms with van der Waals surface area (Å²) in [6.07, 6.45) is 0. The number of aromatic nitrogens is 1. The zero-order chi connectivity index (χ0) is 15.4. The molecule has 0 saturated heterocycles. The number of amides is 2. The van der Waals surface area contributed by atoms with Gasteiger partial charge in [0.25, 0.3) is 0 Å². The number of carbonyl (C=O) groups excluding carboxylic acids is 2. The largest absolute Gasteiger partial charge is 0.346 e. The van der Waals surface area contributed by atoms with E-state index in [9.17, 15) is 9.59 Å². The van der Waals surface area contributed by atoms with Crippen molar-refractivity contribution in [1.29, 1.82) is 0 Å². The number of benzene rings is 1. The van der Waals surface area contributed by atoms with Crippen molar-refractivity contribution in [3.63, 3.8) is 0 Å². The van der Waals surface area contributed by atoms with Crippen molar-refractivity contribution in [3.8, 4) is 0 Å². The predicted molar refractivity (Wildman–Crippen MR) is 83.3 cm³/mol. The summed E-state index contributed by atoms with van der Waals surface area (Å²) in [5, 5.41) is 7.13. The Morgan fingerprint density at radius 1 is 1.24 bits per heavy atom. The first-order valence-corrected chi connectivity index (χ1v) is 7.30. The first kappa shape index (κ1) is 15.1. The van der Waals surface area contributed by atoms with E-state index >= 15 is 0 Å². The fraction of sp³-hybridized carbons (Fsp3) is 0.286. The Hall–Kier alpha value is -2.28. The van der Waals surface area contributed by atoms with Gasteiger partial charge in [-0.25, -0.2) is 10.4 Å². The van der Waals surface area contributed by atoms with Crippen LogP contribution < -0.4 is 10.7 Å². The molecule has 0 spiro atoms. The molecule has 0 aliphatic heterocycles. The third kappa shape index (κ3) is 3.85. The van der Waals surface area contributed by atoms with E-state index in [-0.39, 0.29) is 6.04 Å². The molecule has 1 aromatic heterocycles. The summed E-state index contributed by atoms with van der Waals surface area (Å²) in [6.45, 7) is 5.29. The zero-order valence-electron chi connectivity index (χ0n) is 12.0. The molecule has 0 aliphatic rings. The first-order chi connectivity index (χ1) is 9.97. The van der Waals surface area contributed by atoms with Crippen LogP contribution in [0, 0.1) is 0 Å². The third-order valence-electron chi connectivity index (χ3n) is 2.55. The molecular weight excluding hydrogens is 288 g/mol. The number of nitrogens with zero attached hydrogens (tertiary/aromatic N) is 2. The van der Waals surface area contributed by atoms with E-state index in [1.165, 1.54) is 11.3 Å². The normalized spacial score (nSPS) is 11.7. The van der Waals surface area contributed by atoms with Crippen molar-refractivity contribution in [1.82, 2.24) is 15.7 Å². The highest BCUT2D eigenvalue weighted by atomic mass is 32.1. The molecule has 0 atom stereocenters. The van der Waals surface area contributed by atoms with Crippen molar-refractivity contribution in [2.45, 2.75) is 26.8 Å². The summed E-state index contributed by atoms with van der Waals surface area (Å²) < 4.78 is 1.05. The van der Waals surface area contributed by atoms with Gasteiger partial charge in [0.15, 0.2) is 0 Å². The van der Waals surface area contributed by atoms with Gasteiger partial charge in [-0.2, -0.15) is 5.10 Å². The number of rotatable bonds is 3. The second kappa shape index (κ2) is 6.45. The average molecular weight is 304 g/mol. The van der Waals surface area contributed by atoms with Crippen LogP contribution in [0.2, 0.25) is 0 Å². The van der Waals surface area contributed by atoms with Crippen LogP contribution in [0.15, 0.2) is 29.4 Å². The molecule has 110 valence electrons. The number of hydrazone groups is 1. The molecule has 2 aromatic rings. The monoisotopic (exact) mass is 304 g/mol. The zero-order valence-corrected chi connectivity index (χ0v) is 12.8. The molecule has 0 radical (unpaired) electrons. The molecule has 2 N–H and O–H groups in total. The standard InChI is InChI=1S/C14H16N4O2S/c1-8(2)15-12(19)13(20)18-17-9(3)14-16-10-6-4-5-7-11(10)21-14/h4-8H,1-3H3,(H,15,19)(H,18,20)/b17-9-. The fourth-order valence-corrected chi connectivity index (χ4v) is 2.50. The minimum atomic E-state index is -0.788. The van der Waals surface area contributed by atoms with Gasteiger partial charge in [0.2, 0.25) is 0 Å². The second-order valence-electron chi connectivity index (χ2n) is 4.75. The molecule has 0 fully saturated rings. The van der Waals surface area contributed by atoms with Crippen molar-refractivity contribution < 1.29 is 9.59 Å². The second-order valence-corrected chi connectivity index (χ2v) is 5.78. The molecule has 7 heteroatoms. The SMILES string of the molecule is C/C(=N/NC(=O)C(=O)NC(C)C)c1nc2ccccc2s1. The lowest BCUT2D eigenvalue weighted by molar-refractivity contribution is -0.139. The van der Waals surface area contributed by atoms with Crippen LogP contribution in [0.4, 0.5) is 0 Å². The van der Waals surface area contributed by atoms with Gasteiger partial charge in [-0.3, -0.25) is 9.59 Å². The maximum Gasteiger partial charge on any atom is 0.329 e. The number of thiazole rings is 1. The van der Waals surface area contributed by atoms with Crippen LogP contribution >= 0.6 is 11.3 Å². The van der Waals surface area contributed by atoms with E-state index in [0.29, 0.717) is 10.7 Å². The lowest BCUT2D eigenvalue weighted by Gasteiger charge is -2.06. The predicted octanol–water partition coefficient (Wildman–Crippen LogP) is 1.66. The molecule has 1 aromatic carbocycles. The van der Waals surface area contributed by atoms with Gasteiger partial charge in [-0.05, 0) is 32.9 Å². The summed E-state index contributed by atoms with van der Waals surface area (Å²) in [7, 11) is 0. The minimum Gasteiger partial charge on any atom is -0.346 e. The quantitative estimate of drug-likeness (QED) is 0.514. The van der Waals surface area contributed by atoms with Gasteiger partial charge in [0.05, 0.1) is 15.9 Å². The van der Waals surface area contributed by atoms with E-state index in [4.69, 9.17) is 0 Å². The minimum absolute atomic E-state index is 0.0995.